The Labute approximate surface area is 174 Å². The number of halogens is 1. The fourth-order valence-corrected chi connectivity index (χ4v) is 3.33. The molecule has 0 radical (unpaired) electrons. The van der Waals surface area contributed by atoms with Gasteiger partial charge < -0.3 is 25.1 Å². The zero-order chi connectivity index (χ0) is 20.6. The van der Waals surface area contributed by atoms with Crippen LogP contribution in [0.4, 0.5) is 0 Å². The number of rotatable bonds is 6. The first-order valence-electron chi connectivity index (χ1n) is 9.25. The lowest BCUT2D eigenvalue weighted by Gasteiger charge is -2.12. The van der Waals surface area contributed by atoms with Crippen molar-refractivity contribution in [1.29, 1.82) is 0 Å². The molecule has 1 unspecified atom stereocenters. The molecule has 156 valence electrons. The van der Waals surface area contributed by atoms with E-state index in [0.717, 1.165) is 29.6 Å². The number of nitrogens with zero attached hydrogens (tertiary/aromatic N) is 1. The molecule has 0 aliphatic rings. The van der Waals surface area contributed by atoms with Crippen LogP contribution in [0.5, 0.6) is 5.75 Å². The molecule has 7 nitrogen and oxygen atoms in total. The van der Waals surface area contributed by atoms with Crippen molar-refractivity contribution < 1.29 is 15.0 Å². The molecule has 2 heterocycles. The van der Waals surface area contributed by atoms with Crippen LogP contribution in [0.3, 0.4) is 0 Å². The van der Waals surface area contributed by atoms with Crippen LogP contribution in [0, 0.1) is 6.92 Å². The van der Waals surface area contributed by atoms with Crippen LogP contribution in [0.15, 0.2) is 29.1 Å². The number of hydrogen-bond donors (Lipinski definition) is 4. The minimum absolute atomic E-state index is 0. The van der Waals surface area contributed by atoms with Gasteiger partial charge in [-0.15, -0.1) is 12.4 Å². The largest absolute Gasteiger partial charge is 0.506 e. The van der Waals surface area contributed by atoms with Gasteiger partial charge in [0.2, 0.25) is 0 Å². The number of aromatic amines is 1. The van der Waals surface area contributed by atoms with Gasteiger partial charge in [-0.3, -0.25) is 4.79 Å². The number of carbonyl (C=O) groups is 1. The van der Waals surface area contributed by atoms with Gasteiger partial charge in [0.1, 0.15) is 5.75 Å². The number of carboxylic acids is 1. The molecule has 0 saturated carbocycles. The molecule has 0 bridgehead atoms. The summed E-state index contributed by atoms with van der Waals surface area (Å²) in [5.41, 5.74) is 2.18. The number of pyridine rings is 1. The minimum atomic E-state index is -1.45. The standard InChI is InChI=1S/C21H25N3O4.ClH/c1-5-11(2)22-10-15-9-14-8-13(6-7-16(14)24(15)4)18-12(3)19(25)17(21(27)28)20(26)23-18;/h6-9,11,22H,5,10H2,1-4H3,(H,27,28)(H2,23,25,26);1H. The molecular weight excluding hydrogens is 394 g/mol. The highest BCUT2D eigenvalue weighted by atomic mass is 35.5. The topological polar surface area (TPSA) is 107 Å². The third-order valence-corrected chi connectivity index (χ3v) is 5.32. The number of nitrogens with one attached hydrogen (secondary N) is 2. The fraction of sp³-hybridized carbons (Fsp3) is 0.333. The van der Waals surface area contributed by atoms with E-state index in [4.69, 9.17) is 5.11 Å². The summed E-state index contributed by atoms with van der Waals surface area (Å²) in [5.74, 6) is -1.96. The smallest absolute Gasteiger partial charge is 0.345 e. The Morgan fingerprint density at radius 1 is 1.31 bits per heavy atom. The number of aromatic nitrogens is 2. The number of benzene rings is 1. The third kappa shape index (κ3) is 4.16. The highest BCUT2D eigenvalue weighted by Crippen LogP contribution is 2.31. The van der Waals surface area contributed by atoms with Gasteiger partial charge in [-0.25, -0.2) is 4.79 Å². The Hall–Kier alpha value is -2.77. The molecule has 0 saturated heterocycles. The highest BCUT2D eigenvalue weighted by Gasteiger charge is 2.20. The minimum Gasteiger partial charge on any atom is -0.506 e. The van der Waals surface area contributed by atoms with Crippen molar-refractivity contribution in [2.45, 2.75) is 39.8 Å². The number of carboxylic acid groups (broad SMARTS) is 1. The SMILES string of the molecule is CCC(C)NCc1cc2cc(-c3[nH]c(=O)c(C(=O)O)c(O)c3C)ccc2n1C.Cl. The van der Waals surface area contributed by atoms with Gasteiger partial charge in [0.25, 0.3) is 5.56 Å². The third-order valence-electron chi connectivity index (χ3n) is 5.32. The molecule has 3 rings (SSSR count). The van der Waals surface area contributed by atoms with E-state index in [-0.39, 0.29) is 12.4 Å². The molecule has 0 fully saturated rings. The number of aromatic hydroxyl groups is 1. The first-order chi connectivity index (χ1) is 13.2. The maximum Gasteiger partial charge on any atom is 0.345 e. The van der Waals surface area contributed by atoms with E-state index in [0.29, 0.717) is 22.9 Å². The second-order valence-electron chi connectivity index (χ2n) is 7.14. The number of hydrogen-bond acceptors (Lipinski definition) is 4. The molecule has 0 aliphatic carbocycles. The van der Waals surface area contributed by atoms with E-state index in [1.165, 1.54) is 0 Å². The maximum atomic E-state index is 12.1. The Morgan fingerprint density at radius 3 is 2.62 bits per heavy atom. The van der Waals surface area contributed by atoms with Crippen LogP contribution < -0.4 is 10.9 Å². The lowest BCUT2D eigenvalue weighted by Crippen LogP contribution is -2.25. The average molecular weight is 420 g/mol. The van der Waals surface area contributed by atoms with Crippen molar-refractivity contribution in [3.8, 4) is 17.0 Å². The molecule has 1 aromatic carbocycles. The number of fused-ring (bicyclic) bond motifs is 1. The van der Waals surface area contributed by atoms with Crippen LogP contribution in [0.25, 0.3) is 22.2 Å². The van der Waals surface area contributed by atoms with Gasteiger partial charge in [0, 0.05) is 41.8 Å². The van der Waals surface area contributed by atoms with Gasteiger partial charge in [-0.2, -0.15) is 0 Å². The predicted octanol–water partition coefficient (Wildman–Crippen LogP) is 3.56. The summed E-state index contributed by atoms with van der Waals surface area (Å²) >= 11 is 0. The number of aromatic carboxylic acids is 1. The Balaban J connectivity index is 0.00000300. The van der Waals surface area contributed by atoms with Crippen LogP contribution in [-0.2, 0) is 13.6 Å². The van der Waals surface area contributed by atoms with Crippen molar-refractivity contribution in [2.75, 3.05) is 0 Å². The Kier molecular flexibility index (Phi) is 6.77. The molecule has 0 amide bonds. The molecule has 4 N–H and O–H groups in total. The maximum absolute atomic E-state index is 12.1. The monoisotopic (exact) mass is 419 g/mol. The van der Waals surface area contributed by atoms with E-state index < -0.39 is 22.8 Å². The van der Waals surface area contributed by atoms with Gasteiger partial charge in [0.05, 0.1) is 5.69 Å². The summed E-state index contributed by atoms with van der Waals surface area (Å²) in [6, 6.07) is 8.26. The van der Waals surface area contributed by atoms with Crippen molar-refractivity contribution in [3.05, 3.63) is 51.4 Å². The van der Waals surface area contributed by atoms with Gasteiger partial charge in [-0.1, -0.05) is 13.0 Å². The summed E-state index contributed by atoms with van der Waals surface area (Å²) in [4.78, 5) is 25.9. The Bertz CT molecular complexity index is 1120. The molecule has 0 aliphatic heterocycles. The summed E-state index contributed by atoms with van der Waals surface area (Å²) in [7, 11) is 2.01. The molecule has 8 heteroatoms. The van der Waals surface area contributed by atoms with Crippen LogP contribution in [0.2, 0.25) is 0 Å². The van der Waals surface area contributed by atoms with E-state index in [9.17, 15) is 14.7 Å². The molecule has 1 atom stereocenters. The fourth-order valence-electron chi connectivity index (χ4n) is 3.33. The van der Waals surface area contributed by atoms with E-state index in [2.05, 4.69) is 34.8 Å². The van der Waals surface area contributed by atoms with E-state index >= 15 is 0 Å². The van der Waals surface area contributed by atoms with Crippen molar-refractivity contribution >= 4 is 29.3 Å². The first-order valence-corrected chi connectivity index (χ1v) is 9.25. The molecule has 2 aromatic heterocycles. The van der Waals surface area contributed by atoms with Crippen LogP contribution in [0.1, 0.15) is 41.9 Å². The first kappa shape index (κ1) is 22.5. The van der Waals surface area contributed by atoms with Crippen LogP contribution >= 0.6 is 12.4 Å². The zero-order valence-corrected chi connectivity index (χ0v) is 17.7. The second kappa shape index (κ2) is 8.71. The van der Waals surface area contributed by atoms with Gasteiger partial charge in [-0.05, 0) is 44.0 Å². The quantitative estimate of drug-likeness (QED) is 0.488. The lowest BCUT2D eigenvalue weighted by atomic mass is 10.0. The van der Waals surface area contributed by atoms with Crippen molar-refractivity contribution in [1.82, 2.24) is 14.9 Å². The number of aryl methyl sites for hydroxylation is 1. The summed E-state index contributed by atoms with van der Waals surface area (Å²) in [6.45, 7) is 6.62. The molecular formula is C21H26ClN3O4. The summed E-state index contributed by atoms with van der Waals surface area (Å²) in [6.07, 6.45) is 1.05. The van der Waals surface area contributed by atoms with Crippen LogP contribution in [-0.4, -0.2) is 31.8 Å². The highest BCUT2D eigenvalue weighted by molar-refractivity contribution is 5.92. The van der Waals surface area contributed by atoms with E-state index in [1.54, 1.807) is 6.92 Å². The molecule has 3 aromatic rings. The summed E-state index contributed by atoms with van der Waals surface area (Å²) in [5, 5.41) is 23.8. The van der Waals surface area contributed by atoms with Crippen molar-refractivity contribution in [2.24, 2.45) is 7.05 Å². The zero-order valence-electron chi connectivity index (χ0n) is 16.9. The Morgan fingerprint density at radius 2 is 2.00 bits per heavy atom. The van der Waals surface area contributed by atoms with Gasteiger partial charge in [0.15, 0.2) is 5.56 Å². The second-order valence-corrected chi connectivity index (χ2v) is 7.14. The molecule has 29 heavy (non-hydrogen) atoms. The summed E-state index contributed by atoms with van der Waals surface area (Å²) < 4.78 is 2.12. The van der Waals surface area contributed by atoms with Gasteiger partial charge >= 0.3 is 5.97 Å². The normalized spacial score (nSPS) is 12.0. The average Bonchev–Trinajstić information content (AvgIpc) is 2.97. The van der Waals surface area contributed by atoms with E-state index in [1.807, 2.05) is 25.2 Å². The van der Waals surface area contributed by atoms with Crippen molar-refractivity contribution in [3.63, 3.8) is 0 Å². The molecule has 0 spiro atoms. The predicted molar refractivity (Wildman–Crippen MR) is 116 cm³/mol. The number of H-pyrrole nitrogens is 1. The lowest BCUT2D eigenvalue weighted by molar-refractivity contribution is 0.0691.